The number of hydrogen-bond donors (Lipinski definition) is 3. The second-order valence-corrected chi connectivity index (χ2v) is 5.24. The van der Waals surface area contributed by atoms with E-state index in [2.05, 4.69) is 15.7 Å². The number of nitrogens with zero attached hydrogens (tertiary/aromatic N) is 2. The fourth-order valence-electron chi connectivity index (χ4n) is 1.78. The minimum Gasteiger partial charge on any atom is -0.364 e. The molecule has 1 aromatic carbocycles. The molecule has 21 heavy (non-hydrogen) atoms. The SMILES string of the molecule is Cc1c(Cl)cccc1NC(=S)Nc1cn(C)nc1C(N)=O. The minimum atomic E-state index is -0.625. The van der Waals surface area contributed by atoms with Gasteiger partial charge in [-0.2, -0.15) is 5.10 Å². The Balaban J connectivity index is 2.16. The highest BCUT2D eigenvalue weighted by atomic mass is 35.5. The Kier molecular flexibility index (Phi) is 4.44. The Morgan fingerprint density at radius 3 is 2.71 bits per heavy atom. The van der Waals surface area contributed by atoms with Gasteiger partial charge >= 0.3 is 0 Å². The molecule has 0 aliphatic carbocycles. The molecule has 0 bridgehead atoms. The molecule has 0 fully saturated rings. The lowest BCUT2D eigenvalue weighted by Gasteiger charge is -2.12. The van der Waals surface area contributed by atoms with E-state index in [1.807, 2.05) is 19.1 Å². The van der Waals surface area contributed by atoms with E-state index in [0.717, 1.165) is 11.3 Å². The second kappa shape index (κ2) is 6.11. The van der Waals surface area contributed by atoms with Gasteiger partial charge in [-0.1, -0.05) is 17.7 Å². The van der Waals surface area contributed by atoms with Gasteiger partial charge in [0.1, 0.15) is 0 Å². The summed E-state index contributed by atoms with van der Waals surface area (Å²) in [6.45, 7) is 1.88. The molecule has 0 atom stereocenters. The number of anilines is 2. The van der Waals surface area contributed by atoms with Crippen LogP contribution in [0.3, 0.4) is 0 Å². The van der Waals surface area contributed by atoms with E-state index in [-0.39, 0.29) is 5.69 Å². The molecule has 110 valence electrons. The third-order valence-corrected chi connectivity index (χ3v) is 3.44. The van der Waals surface area contributed by atoms with Crippen LogP contribution in [0.4, 0.5) is 11.4 Å². The first-order valence-corrected chi connectivity index (χ1v) is 6.83. The quantitative estimate of drug-likeness (QED) is 0.755. The van der Waals surface area contributed by atoms with E-state index in [9.17, 15) is 4.79 Å². The molecule has 0 radical (unpaired) electrons. The zero-order valence-electron chi connectivity index (χ0n) is 11.5. The summed E-state index contributed by atoms with van der Waals surface area (Å²) >= 11 is 11.3. The van der Waals surface area contributed by atoms with E-state index in [1.165, 1.54) is 4.68 Å². The number of nitrogens with two attached hydrogens (primary N) is 1. The number of aromatic nitrogens is 2. The maximum Gasteiger partial charge on any atom is 0.271 e. The van der Waals surface area contributed by atoms with Crippen molar-refractivity contribution in [1.29, 1.82) is 0 Å². The van der Waals surface area contributed by atoms with Crippen molar-refractivity contribution in [2.75, 3.05) is 10.6 Å². The van der Waals surface area contributed by atoms with Crippen LogP contribution in [-0.2, 0) is 7.05 Å². The van der Waals surface area contributed by atoms with Gasteiger partial charge in [0.25, 0.3) is 5.91 Å². The first kappa shape index (κ1) is 15.3. The third-order valence-electron chi connectivity index (χ3n) is 2.83. The Hall–Kier alpha value is -2.12. The highest BCUT2D eigenvalue weighted by Gasteiger charge is 2.14. The summed E-state index contributed by atoms with van der Waals surface area (Å²) < 4.78 is 1.48. The molecule has 1 amide bonds. The lowest BCUT2D eigenvalue weighted by atomic mass is 10.2. The van der Waals surface area contributed by atoms with Crippen molar-refractivity contribution in [2.24, 2.45) is 12.8 Å². The van der Waals surface area contributed by atoms with Crippen LogP contribution in [0.2, 0.25) is 5.02 Å². The summed E-state index contributed by atoms with van der Waals surface area (Å²) in [5, 5.41) is 10.9. The van der Waals surface area contributed by atoms with Crippen LogP contribution >= 0.6 is 23.8 Å². The number of benzene rings is 1. The molecule has 6 nitrogen and oxygen atoms in total. The predicted octanol–water partition coefficient (Wildman–Crippen LogP) is 2.29. The average molecular weight is 324 g/mol. The number of halogens is 1. The van der Waals surface area contributed by atoms with Gasteiger partial charge in [0.2, 0.25) is 0 Å². The maximum atomic E-state index is 11.3. The van der Waals surface area contributed by atoms with Gasteiger partial charge in [-0.05, 0) is 36.8 Å². The molecule has 2 rings (SSSR count). The van der Waals surface area contributed by atoms with Gasteiger partial charge in [-0.3, -0.25) is 9.48 Å². The van der Waals surface area contributed by atoms with Crippen molar-refractivity contribution in [1.82, 2.24) is 9.78 Å². The van der Waals surface area contributed by atoms with Crippen molar-refractivity contribution >= 4 is 46.2 Å². The summed E-state index contributed by atoms with van der Waals surface area (Å²) in [5.41, 5.74) is 7.50. The zero-order valence-corrected chi connectivity index (χ0v) is 13.0. The number of primary amides is 1. The van der Waals surface area contributed by atoms with Crippen molar-refractivity contribution in [2.45, 2.75) is 6.92 Å². The lowest BCUT2D eigenvalue weighted by Crippen LogP contribution is -2.22. The topological polar surface area (TPSA) is 85.0 Å². The van der Waals surface area contributed by atoms with Crippen molar-refractivity contribution < 1.29 is 4.79 Å². The van der Waals surface area contributed by atoms with E-state index in [4.69, 9.17) is 29.6 Å². The minimum absolute atomic E-state index is 0.129. The maximum absolute atomic E-state index is 11.3. The summed E-state index contributed by atoms with van der Waals surface area (Å²) in [6, 6.07) is 5.47. The average Bonchev–Trinajstić information content (AvgIpc) is 2.76. The Bertz CT molecular complexity index is 713. The standard InChI is InChI=1S/C13H14ClN5OS/c1-7-8(14)4-3-5-9(7)16-13(21)17-10-6-19(2)18-11(10)12(15)20/h3-6H,1-2H3,(H2,15,20)(H2,16,17,21). The van der Waals surface area contributed by atoms with Crippen LogP contribution in [0.5, 0.6) is 0 Å². The Morgan fingerprint density at radius 1 is 1.38 bits per heavy atom. The largest absolute Gasteiger partial charge is 0.364 e. The van der Waals surface area contributed by atoms with E-state index >= 15 is 0 Å². The fourth-order valence-corrected chi connectivity index (χ4v) is 2.18. The number of rotatable bonds is 3. The summed E-state index contributed by atoms with van der Waals surface area (Å²) in [6.07, 6.45) is 1.62. The number of amides is 1. The van der Waals surface area contributed by atoms with Gasteiger partial charge in [-0.15, -0.1) is 0 Å². The Labute approximate surface area is 132 Å². The monoisotopic (exact) mass is 323 g/mol. The smallest absolute Gasteiger partial charge is 0.271 e. The summed E-state index contributed by atoms with van der Waals surface area (Å²) in [7, 11) is 1.69. The lowest BCUT2D eigenvalue weighted by molar-refractivity contribution is 0.0995. The zero-order chi connectivity index (χ0) is 15.6. The molecule has 4 N–H and O–H groups in total. The number of aryl methyl sites for hydroxylation is 1. The van der Waals surface area contributed by atoms with Gasteiger partial charge in [-0.25, -0.2) is 0 Å². The van der Waals surface area contributed by atoms with Crippen molar-refractivity contribution in [3.05, 3.63) is 40.7 Å². The molecule has 0 saturated heterocycles. The highest BCUT2D eigenvalue weighted by molar-refractivity contribution is 7.80. The first-order chi connectivity index (χ1) is 9.88. The molecule has 0 aliphatic rings. The van der Waals surface area contributed by atoms with E-state index in [0.29, 0.717) is 15.8 Å². The van der Waals surface area contributed by atoms with E-state index in [1.54, 1.807) is 19.3 Å². The van der Waals surface area contributed by atoms with E-state index < -0.39 is 5.91 Å². The molecule has 1 heterocycles. The summed E-state index contributed by atoms with van der Waals surface area (Å²) in [4.78, 5) is 11.3. The molecule has 2 aromatic rings. The second-order valence-electron chi connectivity index (χ2n) is 4.42. The molecule has 1 aromatic heterocycles. The molecular weight excluding hydrogens is 310 g/mol. The normalized spacial score (nSPS) is 10.2. The number of carbonyl (C=O) groups excluding carboxylic acids is 1. The van der Waals surface area contributed by atoms with Crippen LogP contribution in [-0.4, -0.2) is 20.8 Å². The van der Waals surface area contributed by atoms with Gasteiger partial charge in [0.15, 0.2) is 10.8 Å². The van der Waals surface area contributed by atoms with Gasteiger partial charge in [0, 0.05) is 24.0 Å². The van der Waals surface area contributed by atoms with Crippen LogP contribution in [0, 0.1) is 6.92 Å². The Morgan fingerprint density at radius 2 is 2.05 bits per heavy atom. The number of nitrogens with one attached hydrogen (secondary N) is 2. The molecule has 0 spiro atoms. The summed E-state index contributed by atoms with van der Waals surface area (Å²) in [5.74, 6) is -0.625. The molecule has 8 heteroatoms. The van der Waals surface area contributed by atoms with Gasteiger partial charge in [0.05, 0.1) is 5.69 Å². The van der Waals surface area contributed by atoms with Crippen LogP contribution in [0.1, 0.15) is 16.1 Å². The number of carbonyl (C=O) groups is 1. The predicted molar refractivity (Wildman–Crippen MR) is 87.8 cm³/mol. The molecule has 0 unspecified atom stereocenters. The van der Waals surface area contributed by atoms with Crippen LogP contribution in [0.25, 0.3) is 0 Å². The molecule has 0 saturated carbocycles. The van der Waals surface area contributed by atoms with Crippen molar-refractivity contribution in [3.8, 4) is 0 Å². The van der Waals surface area contributed by atoms with Crippen LogP contribution in [0.15, 0.2) is 24.4 Å². The molecular formula is C13H14ClN5OS. The van der Waals surface area contributed by atoms with Crippen LogP contribution < -0.4 is 16.4 Å². The van der Waals surface area contributed by atoms with Crippen molar-refractivity contribution in [3.63, 3.8) is 0 Å². The highest BCUT2D eigenvalue weighted by Crippen LogP contribution is 2.23. The third kappa shape index (κ3) is 3.50. The first-order valence-electron chi connectivity index (χ1n) is 6.05. The van der Waals surface area contributed by atoms with Gasteiger partial charge < -0.3 is 16.4 Å². The fraction of sp³-hybridized carbons (Fsp3) is 0.154. The number of hydrogen-bond acceptors (Lipinski definition) is 3. The molecule has 0 aliphatic heterocycles. The number of thiocarbonyl (C=S) groups is 1.